The first kappa shape index (κ1) is 13.0. The van der Waals surface area contributed by atoms with Crippen molar-refractivity contribution in [1.29, 1.82) is 5.26 Å². The molecule has 1 aromatic heterocycles. The van der Waals surface area contributed by atoms with Crippen LogP contribution in [0.25, 0.3) is 10.9 Å². The average molecular weight is 266 g/mol. The molecule has 1 saturated heterocycles. The lowest BCUT2D eigenvalue weighted by Crippen LogP contribution is -2.50. The molecule has 0 radical (unpaired) electrons. The molecule has 1 unspecified atom stereocenters. The highest BCUT2D eigenvalue weighted by molar-refractivity contribution is 5.82. The van der Waals surface area contributed by atoms with Gasteiger partial charge in [0, 0.05) is 37.3 Å². The molecule has 2 aromatic rings. The molecule has 1 atom stereocenters. The molecule has 1 aliphatic rings. The molecule has 3 rings (SSSR count). The van der Waals surface area contributed by atoms with E-state index in [9.17, 15) is 5.26 Å². The first-order valence-electron chi connectivity index (χ1n) is 6.97. The second kappa shape index (κ2) is 5.58. The number of benzene rings is 1. The van der Waals surface area contributed by atoms with Crippen molar-refractivity contribution in [3.8, 4) is 6.07 Å². The molecule has 4 nitrogen and oxygen atoms in total. The Balaban J connectivity index is 1.96. The van der Waals surface area contributed by atoms with Crippen LogP contribution in [0.15, 0.2) is 30.3 Å². The van der Waals surface area contributed by atoms with Crippen LogP contribution in [0.3, 0.4) is 0 Å². The lowest BCUT2D eigenvalue weighted by molar-refractivity contribution is 0.190. The fourth-order valence-electron chi connectivity index (χ4n) is 2.81. The van der Waals surface area contributed by atoms with Gasteiger partial charge in [-0.15, -0.1) is 0 Å². The summed E-state index contributed by atoms with van der Waals surface area (Å²) in [5.74, 6) is 0. The number of piperazine rings is 1. The second-order valence-corrected chi connectivity index (χ2v) is 5.26. The third-order valence-corrected chi connectivity index (χ3v) is 3.81. The van der Waals surface area contributed by atoms with E-state index in [1.807, 2.05) is 25.1 Å². The minimum atomic E-state index is -0.0454. The van der Waals surface area contributed by atoms with Crippen molar-refractivity contribution in [3.05, 3.63) is 41.6 Å². The molecule has 0 aliphatic carbocycles. The predicted octanol–water partition coefficient (Wildman–Crippen LogP) is 1.84. The summed E-state index contributed by atoms with van der Waals surface area (Å²) < 4.78 is 0. The molecule has 102 valence electrons. The van der Waals surface area contributed by atoms with Gasteiger partial charge in [0.25, 0.3) is 0 Å². The van der Waals surface area contributed by atoms with Crippen molar-refractivity contribution in [2.45, 2.75) is 19.5 Å². The third-order valence-electron chi connectivity index (χ3n) is 3.81. The summed E-state index contributed by atoms with van der Waals surface area (Å²) in [6, 6.07) is 12.7. The number of nitriles is 1. The van der Waals surface area contributed by atoms with Crippen LogP contribution in [-0.2, 0) is 6.54 Å². The zero-order valence-corrected chi connectivity index (χ0v) is 11.6. The minimum absolute atomic E-state index is 0.0454. The van der Waals surface area contributed by atoms with Crippen LogP contribution in [0.2, 0.25) is 0 Å². The van der Waals surface area contributed by atoms with E-state index in [1.165, 1.54) is 10.9 Å². The summed E-state index contributed by atoms with van der Waals surface area (Å²) in [5.41, 5.74) is 3.32. The number of pyridine rings is 1. The normalized spacial score (nSPS) is 19.9. The highest BCUT2D eigenvalue weighted by atomic mass is 15.2. The van der Waals surface area contributed by atoms with Crippen molar-refractivity contribution >= 4 is 10.9 Å². The number of para-hydroxylation sites is 1. The van der Waals surface area contributed by atoms with Gasteiger partial charge in [-0.25, -0.2) is 0 Å². The standard InChI is InChI=1S/C16H18N4/c1-12-8-13(15-4-2-3-5-16(15)19-12)11-20-7-6-18-10-14(20)9-17/h2-5,8,14,18H,6-7,10-11H2,1H3. The Bertz CT molecular complexity index is 659. The van der Waals surface area contributed by atoms with E-state index in [2.05, 4.69) is 33.4 Å². The van der Waals surface area contributed by atoms with Crippen LogP contribution in [0.1, 0.15) is 11.3 Å². The minimum Gasteiger partial charge on any atom is -0.313 e. The Morgan fingerprint density at radius 3 is 3.15 bits per heavy atom. The van der Waals surface area contributed by atoms with Crippen LogP contribution < -0.4 is 5.32 Å². The van der Waals surface area contributed by atoms with Crippen molar-refractivity contribution < 1.29 is 0 Å². The molecule has 0 amide bonds. The molecule has 1 fully saturated rings. The van der Waals surface area contributed by atoms with Crippen molar-refractivity contribution in [3.63, 3.8) is 0 Å². The molecule has 0 bridgehead atoms. The smallest absolute Gasteiger partial charge is 0.111 e. The number of aryl methyl sites for hydroxylation is 1. The Labute approximate surface area is 119 Å². The largest absolute Gasteiger partial charge is 0.313 e. The van der Waals surface area contributed by atoms with Crippen LogP contribution >= 0.6 is 0 Å². The van der Waals surface area contributed by atoms with Gasteiger partial charge in [-0.05, 0) is 24.6 Å². The van der Waals surface area contributed by atoms with Gasteiger partial charge in [0.2, 0.25) is 0 Å². The average Bonchev–Trinajstić information content (AvgIpc) is 2.47. The number of nitrogens with one attached hydrogen (secondary N) is 1. The summed E-state index contributed by atoms with van der Waals surface area (Å²) in [7, 11) is 0. The molecule has 1 N–H and O–H groups in total. The van der Waals surface area contributed by atoms with Gasteiger partial charge in [-0.3, -0.25) is 9.88 Å². The van der Waals surface area contributed by atoms with Gasteiger partial charge in [0.1, 0.15) is 6.04 Å². The van der Waals surface area contributed by atoms with E-state index in [0.29, 0.717) is 0 Å². The van der Waals surface area contributed by atoms with Crippen LogP contribution in [0.5, 0.6) is 0 Å². The van der Waals surface area contributed by atoms with Crippen molar-refractivity contribution in [2.75, 3.05) is 19.6 Å². The van der Waals surface area contributed by atoms with Gasteiger partial charge in [0.05, 0.1) is 11.6 Å². The van der Waals surface area contributed by atoms with E-state index in [4.69, 9.17) is 0 Å². The van der Waals surface area contributed by atoms with E-state index < -0.39 is 0 Å². The first-order chi connectivity index (χ1) is 9.78. The predicted molar refractivity (Wildman–Crippen MR) is 79.2 cm³/mol. The fraction of sp³-hybridized carbons (Fsp3) is 0.375. The van der Waals surface area contributed by atoms with Crippen molar-refractivity contribution in [1.82, 2.24) is 15.2 Å². The Kier molecular flexibility index (Phi) is 3.64. The molecular weight excluding hydrogens is 248 g/mol. The van der Waals surface area contributed by atoms with Gasteiger partial charge < -0.3 is 5.32 Å². The Morgan fingerprint density at radius 1 is 1.45 bits per heavy atom. The molecule has 1 aliphatic heterocycles. The van der Waals surface area contributed by atoms with Gasteiger partial charge >= 0.3 is 0 Å². The number of hydrogen-bond donors (Lipinski definition) is 1. The summed E-state index contributed by atoms with van der Waals surface area (Å²) in [5, 5.41) is 13.7. The summed E-state index contributed by atoms with van der Waals surface area (Å²) in [6.45, 7) is 5.44. The molecule has 0 spiro atoms. The number of hydrogen-bond acceptors (Lipinski definition) is 4. The molecule has 0 saturated carbocycles. The van der Waals surface area contributed by atoms with E-state index in [1.54, 1.807) is 0 Å². The molecule has 1 aromatic carbocycles. The second-order valence-electron chi connectivity index (χ2n) is 5.26. The van der Waals surface area contributed by atoms with Crippen LogP contribution in [0.4, 0.5) is 0 Å². The quantitative estimate of drug-likeness (QED) is 0.901. The van der Waals surface area contributed by atoms with Crippen LogP contribution in [0, 0.1) is 18.3 Å². The highest BCUT2D eigenvalue weighted by Gasteiger charge is 2.22. The maximum atomic E-state index is 9.26. The zero-order chi connectivity index (χ0) is 13.9. The van der Waals surface area contributed by atoms with E-state index in [0.717, 1.165) is 37.4 Å². The SMILES string of the molecule is Cc1cc(CN2CCNCC2C#N)c2ccccc2n1. The first-order valence-corrected chi connectivity index (χ1v) is 6.97. The molecule has 2 heterocycles. The van der Waals surface area contributed by atoms with E-state index in [-0.39, 0.29) is 6.04 Å². The summed E-state index contributed by atoms with van der Waals surface area (Å²) in [6.07, 6.45) is 0. The fourth-order valence-corrected chi connectivity index (χ4v) is 2.81. The highest BCUT2D eigenvalue weighted by Crippen LogP contribution is 2.21. The third kappa shape index (κ3) is 2.51. The number of fused-ring (bicyclic) bond motifs is 1. The lowest BCUT2D eigenvalue weighted by Gasteiger charge is -2.32. The number of rotatable bonds is 2. The number of aromatic nitrogens is 1. The van der Waals surface area contributed by atoms with Crippen LogP contribution in [-0.4, -0.2) is 35.6 Å². The Morgan fingerprint density at radius 2 is 2.30 bits per heavy atom. The summed E-state index contributed by atoms with van der Waals surface area (Å²) in [4.78, 5) is 6.82. The monoisotopic (exact) mass is 266 g/mol. The van der Waals surface area contributed by atoms with Gasteiger partial charge in [-0.2, -0.15) is 5.26 Å². The topological polar surface area (TPSA) is 52.0 Å². The Hall–Kier alpha value is -1.96. The maximum Gasteiger partial charge on any atom is 0.111 e. The van der Waals surface area contributed by atoms with Gasteiger partial charge in [0.15, 0.2) is 0 Å². The lowest BCUT2D eigenvalue weighted by atomic mass is 10.1. The molecule has 20 heavy (non-hydrogen) atoms. The van der Waals surface area contributed by atoms with E-state index >= 15 is 0 Å². The number of nitrogens with zero attached hydrogens (tertiary/aromatic N) is 3. The van der Waals surface area contributed by atoms with Crippen molar-refractivity contribution in [2.24, 2.45) is 0 Å². The zero-order valence-electron chi connectivity index (χ0n) is 11.6. The molecular formula is C16H18N4. The molecule has 4 heteroatoms. The maximum absolute atomic E-state index is 9.26. The summed E-state index contributed by atoms with van der Waals surface area (Å²) >= 11 is 0. The van der Waals surface area contributed by atoms with Gasteiger partial charge in [-0.1, -0.05) is 18.2 Å².